The average molecular weight is 312 g/mol. The summed E-state index contributed by atoms with van der Waals surface area (Å²) >= 11 is 0. The Hall–Kier alpha value is -2.31. The number of hydrogen-bond donors (Lipinski definition) is 1. The van der Waals surface area contributed by atoms with Gasteiger partial charge in [-0.05, 0) is 24.6 Å². The maximum Gasteiger partial charge on any atom is 0.416 e. The summed E-state index contributed by atoms with van der Waals surface area (Å²) in [5.74, 6) is -1.78. The number of rotatable bonds is 4. The van der Waals surface area contributed by atoms with E-state index < -0.39 is 29.5 Å². The lowest BCUT2D eigenvalue weighted by Crippen LogP contribution is -2.36. The van der Waals surface area contributed by atoms with Crippen LogP contribution in [0, 0.1) is 5.92 Å². The lowest BCUT2D eigenvalue weighted by Gasteiger charge is -2.18. The van der Waals surface area contributed by atoms with Crippen LogP contribution >= 0.6 is 0 Å². The highest BCUT2D eigenvalue weighted by Crippen LogP contribution is 2.33. The summed E-state index contributed by atoms with van der Waals surface area (Å²) in [7, 11) is 0. The monoisotopic (exact) mass is 312 g/mol. The summed E-state index contributed by atoms with van der Waals surface area (Å²) < 4.78 is 38.2. The quantitative estimate of drug-likeness (QED) is 0.685. The SMILES string of the molecule is C=CCNC(=O)C1CCN(c2cccc(C(F)(F)F)c2)C1=O. The topological polar surface area (TPSA) is 49.4 Å². The van der Waals surface area contributed by atoms with Crippen LogP contribution in [-0.2, 0) is 15.8 Å². The summed E-state index contributed by atoms with van der Waals surface area (Å²) in [4.78, 5) is 25.3. The van der Waals surface area contributed by atoms with Gasteiger partial charge in [0.15, 0.2) is 0 Å². The fourth-order valence-corrected chi connectivity index (χ4v) is 2.33. The first-order chi connectivity index (χ1) is 10.3. The van der Waals surface area contributed by atoms with Gasteiger partial charge in [0.05, 0.1) is 5.56 Å². The van der Waals surface area contributed by atoms with Crippen LogP contribution in [0.4, 0.5) is 18.9 Å². The van der Waals surface area contributed by atoms with E-state index in [0.717, 1.165) is 12.1 Å². The van der Waals surface area contributed by atoms with Gasteiger partial charge in [0.25, 0.3) is 0 Å². The number of amides is 2. The molecule has 1 heterocycles. The summed E-state index contributed by atoms with van der Waals surface area (Å²) in [6.07, 6.45) is -2.71. The Morgan fingerprint density at radius 1 is 1.45 bits per heavy atom. The highest BCUT2D eigenvalue weighted by molar-refractivity contribution is 6.09. The van der Waals surface area contributed by atoms with Crippen LogP contribution in [0.2, 0.25) is 0 Å². The Kier molecular flexibility index (Phi) is 4.54. The minimum absolute atomic E-state index is 0.152. The van der Waals surface area contributed by atoms with E-state index in [1.165, 1.54) is 23.1 Å². The zero-order chi connectivity index (χ0) is 16.3. The second-order valence-corrected chi connectivity index (χ2v) is 4.91. The Balaban J connectivity index is 2.16. The number of alkyl halides is 3. The molecular formula is C15H15F3N2O2. The molecule has 1 N–H and O–H groups in total. The van der Waals surface area contributed by atoms with Gasteiger partial charge in [-0.3, -0.25) is 9.59 Å². The lowest BCUT2D eigenvalue weighted by atomic mass is 10.1. The van der Waals surface area contributed by atoms with Crippen LogP contribution in [-0.4, -0.2) is 24.9 Å². The third kappa shape index (κ3) is 3.29. The number of benzene rings is 1. The molecule has 118 valence electrons. The molecule has 2 rings (SSSR count). The number of halogens is 3. The van der Waals surface area contributed by atoms with Crippen molar-refractivity contribution in [3.05, 3.63) is 42.5 Å². The van der Waals surface area contributed by atoms with Crippen molar-refractivity contribution in [3.8, 4) is 0 Å². The predicted molar refractivity (Wildman–Crippen MR) is 75.1 cm³/mol. The average Bonchev–Trinajstić information content (AvgIpc) is 2.86. The molecule has 0 aliphatic carbocycles. The van der Waals surface area contributed by atoms with Crippen molar-refractivity contribution < 1.29 is 22.8 Å². The van der Waals surface area contributed by atoms with Crippen molar-refractivity contribution in [3.63, 3.8) is 0 Å². The zero-order valence-corrected chi connectivity index (χ0v) is 11.7. The summed E-state index contributed by atoms with van der Waals surface area (Å²) in [6.45, 7) is 3.91. The van der Waals surface area contributed by atoms with Crippen LogP contribution in [0.3, 0.4) is 0 Å². The third-order valence-corrected chi connectivity index (χ3v) is 3.43. The van der Waals surface area contributed by atoms with E-state index >= 15 is 0 Å². The Morgan fingerprint density at radius 2 is 2.18 bits per heavy atom. The van der Waals surface area contributed by atoms with Crippen LogP contribution in [0.25, 0.3) is 0 Å². The van der Waals surface area contributed by atoms with E-state index in [9.17, 15) is 22.8 Å². The predicted octanol–water partition coefficient (Wildman–Crippen LogP) is 2.36. The van der Waals surface area contributed by atoms with E-state index in [1.807, 2.05) is 0 Å². The van der Waals surface area contributed by atoms with Gasteiger partial charge in [-0.1, -0.05) is 12.1 Å². The summed E-state index contributed by atoms with van der Waals surface area (Å²) in [5, 5.41) is 2.53. The Labute approximate surface area is 125 Å². The second kappa shape index (κ2) is 6.21. The molecule has 1 fully saturated rings. The number of carbonyl (C=O) groups is 2. The normalized spacial score (nSPS) is 18.4. The largest absolute Gasteiger partial charge is 0.416 e. The fourth-order valence-electron chi connectivity index (χ4n) is 2.33. The number of carbonyl (C=O) groups excluding carboxylic acids is 2. The van der Waals surface area contributed by atoms with Gasteiger partial charge in [0, 0.05) is 18.8 Å². The van der Waals surface area contributed by atoms with Gasteiger partial charge >= 0.3 is 6.18 Å². The van der Waals surface area contributed by atoms with Crippen molar-refractivity contribution in [1.82, 2.24) is 5.32 Å². The first-order valence-corrected chi connectivity index (χ1v) is 6.72. The second-order valence-electron chi connectivity index (χ2n) is 4.91. The van der Waals surface area contributed by atoms with Gasteiger partial charge in [0.1, 0.15) is 5.92 Å². The number of nitrogens with one attached hydrogen (secondary N) is 1. The summed E-state index contributed by atoms with van der Waals surface area (Å²) in [6, 6.07) is 4.54. The molecule has 0 aromatic heterocycles. The van der Waals surface area contributed by atoms with Gasteiger partial charge in [-0.2, -0.15) is 13.2 Å². The van der Waals surface area contributed by atoms with Gasteiger partial charge in [0.2, 0.25) is 11.8 Å². The van der Waals surface area contributed by atoms with E-state index in [1.54, 1.807) is 0 Å². The van der Waals surface area contributed by atoms with Gasteiger partial charge in [-0.15, -0.1) is 6.58 Å². The van der Waals surface area contributed by atoms with Crippen molar-refractivity contribution >= 4 is 17.5 Å². The molecule has 0 radical (unpaired) electrons. The fraction of sp³-hybridized carbons (Fsp3) is 0.333. The van der Waals surface area contributed by atoms with Crippen molar-refractivity contribution in [2.45, 2.75) is 12.6 Å². The molecular weight excluding hydrogens is 297 g/mol. The molecule has 22 heavy (non-hydrogen) atoms. The van der Waals surface area contributed by atoms with Crippen molar-refractivity contribution in [1.29, 1.82) is 0 Å². The molecule has 1 aromatic carbocycles. The smallest absolute Gasteiger partial charge is 0.352 e. The minimum Gasteiger partial charge on any atom is -0.352 e. The maximum absolute atomic E-state index is 12.7. The minimum atomic E-state index is -4.47. The molecule has 4 nitrogen and oxygen atoms in total. The zero-order valence-electron chi connectivity index (χ0n) is 11.7. The molecule has 2 amide bonds. The van der Waals surface area contributed by atoms with Gasteiger partial charge < -0.3 is 10.2 Å². The molecule has 1 unspecified atom stereocenters. The number of hydrogen-bond acceptors (Lipinski definition) is 2. The standard InChI is InChI=1S/C15H15F3N2O2/c1-2-7-19-13(21)12-6-8-20(14(12)22)11-5-3-4-10(9-11)15(16,17)18/h2-5,9,12H,1,6-8H2,(H,19,21). The molecule has 1 atom stereocenters. The van der Waals surface area contributed by atoms with Crippen LogP contribution in [0.1, 0.15) is 12.0 Å². The Morgan fingerprint density at radius 3 is 2.82 bits per heavy atom. The highest BCUT2D eigenvalue weighted by atomic mass is 19.4. The van der Waals surface area contributed by atoms with Crippen LogP contribution in [0.15, 0.2) is 36.9 Å². The lowest BCUT2D eigenvalue weighted by molar-refractivity contribution is -0.138. The van der Waals surface area contributed by atoms with Crippen molar-refractivity contribution in [2.75, 3.05) is 18.0 Å². The van der Waals surface area contributed by atoms with E-state index in [-0.39, 0.29) is 25.2 Å². The molecule has 1 saturated heterocycles. The highest BCUT2D eigenvalue weighted by Gasteiger charge is 2.38. The first-order valence-electron chi connectivity index (χ1n) is 6.72. The van der Waals surface area contributed by atoms with Gasteiger partial charge in [-0.25, -0.2) is 0 Å². The molecule has 7 heteroatoms. The first kappa shape index (κ1) is 16.1. The Bertz CT molecular complexity index is 599. The van der Waals surface area contributed by atoms with Crippen molar-refractivity contribution in [2.24, 2.45) is 5.92 Å². The van der Waals surface area contributed by atoms with Crippen LogP contribution in [0.5, 0.6) is 0 Å². The van der Waals surface area contributed by atoms with E-state index in [4.69, 9.17) is 0 Å². The number of anilines is 1. The number of nitrogens with zero attached hydrogens (tertiary/aromatic N) is 1. The molecule has 0 spiro atoms. The molecule has 1 aliphatic heterocycles. The molecule has 1 aromatic rings. The third-order valence-electron chi connectivity index (χ3n) is 3.43. The summed E-state index contributed by atoms with van der Waals surface area (Å²) in [5.41, 5.74) is -0.670. The van der Waals surface area contributed by atoms with Crippen LogP contribution < -0.4 is 10.2 Å². The molecule has 0 saturated carbocycles. The molecule has 0 bridgehead atoms. The van der Waals surface area contributed by atoms with E-state index in [0.29, 0.717) is 0 Å². The van der Waals surface area contributed by atoms with E-state index in [2.05, 4.69) is 11.9 Å². The molecule has 1 aliphatic rings. The maximum atomic E-state index is 12.7.